The second-order valence-electron chi connectivity index (χ2n) is 4.02. The molecule has 10 nitrogen and oxygen atoms in total. The summed E-state index contributed by atoms with van der Waals surface area (Å²) < 4.78 is 11.2. The van der Waals surface area contributed by atoms with Gasteiger partial charge in [-0.1, -0.05) is 5.21 Å². The van der Waals surface area contributed by atoms with Crippen molar-refractivity contribution >= 4 is 12.0 Å². The first-order valence-corrected chi connectivity index (χ1v) is 6.31. The van der Waals surface area contributed by atoms with Crippen LogP contribution in [0.25, 0.3) is 0 Å². The van der Waals surface area contributed by atoms with Crippen LogP contribution in [0.1, 0.15) is 5.69 Å². The summed E-state index contributed by atoms with van der Waals surface area (Å²) in [6.07, 6.45) is 1.46. The van der Waals surface area contributed by atoms with Crippen LogP contribution in [0.3, 0.4) is 0 Å². The molecule has 0 bridgehead atoms. The van der Waals surface area contributed by atoms with E-state index in [0.29, 0.717) is 32.1 Å². The Labute approximate surface area is 121 Å². The molecule has 10 heteroatoms. The van der Waals surface area contributed by atoms with Crippen molar-refractivity contribution in [2.45, 2.75) is 13.1 Å². The molecule has 0 saturated heterocycles. The van der Waals surface area contributed by atoms with E-state index in [9.17, 15) is 9.59 Å². The fourth-order valence-corrected chi connectivity index (χ4v) is 1.35. The molecule has 0 aliphatic carbocycles. The van der Waals surface area contributed by atoms with Crippen LogP contribution in [0.2, 0.25) is 0 Å². The molecular formula is C11H19N5O5. The maximum atomic E-state index is 11.4. The molecule has 0 radical (unpaired) electrons. The van der Waals surface area contributed by atoms with Crippen molar-refractivity contribution in [2.24, 2.45) is 0 Å². The number of rotatable bonds is 10. The van der Waals surface area contributed by atoms with Crippen LogP contribution in [0, 0.1) is 0 Å². The minimum Gasteiger partial charge on any atom is -0.480 e. The quantitative estimate of drug-likeness (QED) is 0.464. The Balaban J connectivity index is 2.12. The third-order valence-corrected chi connectivity index (χ3v) is 2.28. The molecule has 0 aromatic carbocycles. The minimum absolute atomic E-state index is 0.163. The topological polar surface area (TPSA) is 128 Å². The van der Waals surface area contributed by atoms with Crippen molar-refractivity contribution in [3.8, 4) is 0 Å². The predicted molar refractivity (Wildman–Crippen MR) is 70.6 cm³/mol. The molecule has 118 valence electrons. The number of urea groups is 1. The van der Waals surface area contributed by atoms with Gasteiger partial charge in [0.05, 0.1) is 32.6 Å². The van der Waals surface area contributed by atoms with Gasteiger partial charge in [0.15, 0.2) is 0 Å². The number of aromatic nitrogens is 3. The lowest BCUT2D eigenvalue weighted by atomic mass is 10.5. The lowest BCUT2D eigenvalue weighted by Crippen LogP contribution is -2.37. The summed E-state index contributed by atoms with van der Waals surface area (Å²) in [7, 11) is 1.59. The second kappa shape index (κ2) is 9.66. The van der Waals surface area contributed by atoms with Crippen LogP contribution in [-0.2, 0) is 27.4 Å². The highest BCUT2D eigenvalue weighted by atomic mass is 16.5. The Morgan fingerprint density at radius 3 is 2.86 bits per heavy atom. The monoisotopic (exact) mass is 301 g/mol. The van der Waals surface area contributed by atoms with Crippen LogP contribution in [-0.4, -0.2) is 65.6 Å². The van der Waals surface area contributed by atoms with E-state index in [4.69, 9.17) is 14.6 Å². The lowest BCUT2D eigenvalue weighted by Gasteiger charge is -2.06. The van der Waals surface area contributed by atoms with E-state index in [-0.39, 0.29) is 19.1 Å². The molecule has 0 aliphatic heterocycles. The number of methoxy groups -OCH3 is 1. The Kier molecular flexibility index (Phi) is 7.76. The Hall–Kier alpha value is -2.20. The number of aliphatic carboxylic acids is 1. The maximum absolute atomic E-state index is 11.4. The zero-order chi connectivity index (χ0) is 15.5. The average molecular weight is 301 g/mol. The molecule has 2 amide bonds. The summed E-state index contributed by atoms with van der Waals surface area (Å²) in [6.45, 7) is 1.66. The third-order valence-electron chi connectivity index (χ3n) is 2.28. The molecular weight excluding hydrogens is 282 g/mol. The van der Waals surface area contributed by atoms with Crippen molar-refractivity contribution in [3.63, 3.8) is 0 Å². The van der Waals surface area contributed by atoms with E-state index in [1.165, 1.54) is 10.9 Å². The van der Waals surface area contributed by atoms with Gasteiger partial charge in [-0.05, 0) is 0 Å². The minimum atomic E-state index is -1.01. The van der Waals surface area contributed by atoms with Crippen LogP contribution in [0.4, 0.5) is 4.79 Å². The van der Waals surface area contributed by atoms with Crippen molar-refractivity contribution < 1.29 is 24.2 Å². The molecule has 0 unspecified atom stereocenters. The summed E-state index contributed by atoms with van der Waals surface area (Å²) in [5, 5.41) is 21.1. The first-order chi connectivity index (χ1) is 10.1. The summed E-state index contributed by atoms with van der Waals surface area (Å²) >= 11 is 0. The highest BCUT2D eigenvalue weighted by Gasteiger charge is 2.05. The lowest BCUT2D eigenvalue weighted by molar-refractivity contribution is -0.137. The first-order valence-electron chi connectivity index (χ1n) is 6.31. The second-order valence-corrected chi connectivity index (χ2v) is 4.02. The number of carboxylic acids is 1. The fourth-order valence-electron chi connectivity index (χ4n) is 1.35. The van der Waals surface area contributed by atoms with E-state index in [1.54, 1.807) is 7.11 Å². The Morgan fingerprint density at radius 2 is 2.14 bits per heavy atom. The molecule has 1 aromatic heterocycles. The van der Waals surface area contributed by atoms with E-state index in [0.717, 1.165) is 0 Å². The molecule has 0 atom stereocenters. The molecule has 0 fully saturated rings. The number of carboxylic acid groups (broad SMARTS) is 1. The number of hydrogen-bond donors (Lipinski definition) is 3. The standard InChI is InChI=1S/C11H19N5O5/c1-20-4-5-21-3-2-12-11(19)13-6-9-7-16(15-14-9)8-10(17)18/h7H,2-6,8H2,1H3,(H,17,18)(H2,12,13,19). The average Bonchev–Trinajstić information content (AvgIpc) is 2.87. The van der Waals surface area contributed by atoms with E-state index < -0.39 is 5.97 Å². The molecule has 0 spiro atoms. The highest BCUT2D eigenvalue weighted by molar-refractivity contribution is 5.73. The predicted octanol–water partition coefficient (Wildman–Crippen LogP) is -1.18. The normalized spacial score (nSPS) is 10.3. The van der Waals surface area contributed by atoms with Crippen molar-refractivity contribution in [1.82, 2.24) is 25.6 Å². The number of nitrogens with zero attached hydrogens (tertiary/aromatic N) is 3. The number of ether oxygens (including phenoxy) is 2. The van der Waals surface area contributed by atoms with Gasteiger partial charge >= 0.3 is 12.0 Å². The SMILES string of the molecule is COCCOCCNC(=O)NCc1cn(CC(=O)O)nn1. The first kappa shape index (κ1) is 16.9. The zero-order valence-corrected chi connectivity index (χ0v) is 11.7. The van der Waals surface area contributed by atoms with Crippen molar-refractivity contribution in [2.75, 3.05) is 33.5 Å². The Morgan fingerprint density at radius 1 is 1.33 bits per heavy atom. The maximum Gasteiger partial charge on any atom is 0.325 e. The number of nitrogens with one attached hydrogen (secondary N) is 2. The summed E-state index contributed by atoms with van der Waals surface area (Å²) in [6, 6.07) is -0.363. The third kappa shape index (κ3) is 7.84. The Bertz CT molecular complexity index is 450. The largest absolute Gasteiger partial charge is 0.480 e. The molecule has 3 N–H and O–H groups in total. The van der Waals surface area contributed by atoms with Crippen LogP contribution in [0.15, 0.2) is 6.20 Å². The van der Waals surface area contributed by atoms with E-state index >= 15 is 0 Å². The number of carbonyl (C=O) groups excluding carboxylic acids is 1. The van der Waals surface area contributed by atoms with Gasteiger partial charge in [0.25, 0.3) is 0 Å². The molecule has 0 aliphatic rings. The van der Waals surface area contributed by atoms with Gasteiger partial charge in [-0.2, -0.15) is 0 Å². The summed E-state index contributed by atoms with van der Waals surface area (Å²) in [5.41, 5.74) is 0.475. The molecule has 1 rings (SSSR count). The zero-order valence-electron chi connectivity index (χ0n) is 11.7. The van der Waals surface area contributed by atoms with Crippen molar-refractivity contribution in [3.05, 3.63) is 11.9 Å². The molecule has 1 heterocycles. The highest BCUT2D eigenvalue weighted by Crippen LogP contribution is 1.92. The van der Waals surface area contributed by atoms with Gasteiger partial charge < -0.3 is 25.2 Å². The number of hydrogen-bond acceptors (Lipinski definition) is 6. The summed E-state index contributed by atoms with van der Waals surface area (Å²) in [4.78, 5) is 21.9. The fraction of sp³-hybridized carbons (Fsp3) is 0.636. The van der Waals surface area contributed by atoms with E-state index in [1.807, 2.05) is 0 Å². The number of amides is 2. The van der Waals surface area contributed by atoms with Gasteiger partial charge in [0.1, 0.15) is 12.2 Å². The van der Waals surface area contributed by atoms with Gasteiger partial charge in [0, 0.05) is 13.7 Å². The van der Waals surface area contributed by atoms with Gasteiger partial charge in [-0.3, -0.25) is 4.79 Å². The summed E-state index contributed by atoms with van der Waals surface area (Å²) in [5.74, 6) is -1.01. The molecule has 0 saturated carbocycles. The van der Waals surface area contributed by atoms with Gasteiger partial charge in [0.2, 0.25) is 0 Å². The molecule has 21 heavy (non-hydrogen) atoms. The van der Waals surface area contributed by atoms with Crippen LogP contribution < -0.4 is 10.6 Å². The van der Waals surface area contributed by atoms with Gasteiger partial charge in [-0.15, -0.1) is 5.10 Å². The van der Waals surface area contributed by atoms with Crippen molar-refractivity contribution in [1.29, 1.82) is 0 Å². The smallest absolute Gasteiger partial charge is 0.325 e. The van der Waals surface area contributed by atoms with Gasteiger partial charge in [-0.25, -0.2) is 9.48 Å². The van der Waals surface area contributed by atoms with Crippen LogP contribution in [0.5, 0.6) is 0 Å². The molecule has 1 aromatic rings. The van der Waals surface area contributed by atoms with E-state index in [2.05, 4.69) is 20.9 Å². The number of carbonyl (C=O) groups is 2. The van der Waals surface area contributed by atoms with Crippen LogP contribution >= 0.6 is 0 Å².